The highest BCUT2D eigenvalue weighted by Crippen LogP contribution is 2.26. The predicted octanol–water partition coefficient (Wildman–Crippen LogP) is 2.59. The smallest absolute Gasteiger partial charge is 0.359 e. The Morgan fingerprint density at radius 2 is 2.22 bits per heavy atom. The summed E-state index contributed by atoms with van der Waals surface area (Å²) in [6, 6.07) is 0. The Morgan fingerprint density at radius 1 is 1.44 bits per heavy atom. The number of aromatic nitrogens is 2. The summed E-state index contributed by atoms with van der Waals surface area (Å²) in [7, 11) is 0. The van der Waals surface area contributed by atoms with E-state index in [0.29, 0.717) is 18.2 Å². The van der Waals surface area contributed by atoms with E-state index in [0.717, 1.165) is 37.8 Å². The van der Waals surface area contributed by atoms with Gasteiger partial charge in [-0.2, -0.15) is 5.10 Å². The van der Waals surface area contributed by atoms with Gasteiger partial charge in [0.1, 0.15) is 0 Å². The van der Waals surface area contributed by atoms with Crippen molar-refractivity contribution >= 4 is 5.97 Å². The van der Waals surface area contributed by atoms with Crippen molar-refractivity contribution in [1.29, 1.82) is 0 Å². The first kappa shape index (κ1) is 13.1. The van der Waals surface area contributed by atoms with Gasteiger partial charge in [0.2, 0.25) is 0 Å². The van der Waals surface area contributed by atoms with Gasteiger partial charge in [-0.1, -0.05) is 13.8 Å². The van der Waals surface area contributed by atoms with Gasteiger partial charge in [0.25, 0.3) is 0 Å². The minimum atomic E-state index is -0.265. The molecule has 1 heterocycles. The van der Waals surface area contributed by atoms with E-state index >= 15 is 0 Å². The Balaban J connectivity index is 2.21. The summed E-state index contributed by atoms with van der Waals surface area (Å²) in [6.45, 7) is 7.55. The largest absolute Gasteiger partial charge is 0.461 e. The molecule has 0 amide bonds. The van der Waals surface area contributed by atoms with Gasteiger partial charge in [0.05, 0.1) is 6.61 Å². The Kier molecular flexibility index (Phi) is 4.04. The average Bonchev–Trinajstić information content (AvgIpc) is 2.87. The summed E-state index contributed by atoms with van der Waals surface area (Å²) < 4.78 is 7.10. The number of nitrogens with zero attached hydrogens (tertiary/aromatic N) is 2. The quantitative estimate of drug-likeness (QED) is 0.754. The van der Waals surface area contributed by atoms with Crippen molar-refractivity contribution < 1.29 is 9.53 Å². The number of hydrogen-bond donors (Lipinski definition) is 0. The molecule has 18 heavy (non-hydrogen) atoms. The van der Waals surface area contributed by atoms with Crippen molar-refractivity contribution in [3.05, 3.63) is 17.0 Å². The number of carbonyl (C=O) groups excluding carboxylic acids is 1. The fourth-order valence-corrected chi connectivity index (χ4v) is 2.44. The van der Waals surface area contributed by atoms with Crippen molar-refractivity contribution in [2.75, 3.05) is 6.61 Å². The van der Waals surface area contributed by atoms with Crippen LogP contribution in [0.3, 0.4) is 0 Å². The summed E-state index contributed by atoms with van der Waals surface area (Å²) in [6.07, 6.45) is 4.22. The van der Waals surface area contributed by atoms with E-state index < -0.39 is 0 Å². The van der Waals surface area contributed by atoms with E-state index in [9.17, 15) is 4.79 Å². The zero-order chi connectivity index (χ0) is 13.1. The predicted molar refractivity (Wildman–Crippen MR) is 69.7 cm³/mol. The van der Waals surface area contributed by atoms with Gasteiger partial charge in [-0.25, -0.2) is 4.79 Å². The molecule has 0 spiro atoms. The average molecular weight is 250 g/mol. The first-order chi connectivity index (χ1) is 8.63. The zero-order valence-corrected chi connectivity index (χ0v) is 11.5. The maximum Gasteiger partial charge on any atom is 0.359 e. The van der Waals surface area contributed by atoms with Crippen LogP contribution in [0.15, 0.2) is 0 Å². The van der Waals surface area contributed by atoms with Gasteiger partial charge >= 0.3 is 5.97 Å². The Bertz CT molecular complexity index is 435. The molecular formula is C14H22N2O2. The molecule has 1 aromatic rings. The Hall–Kier alpha value is -1.32. The molecule has 0 aromatic carbocycles. The molecule has 1 aromatic heterocycles. The number of aryl methyl sites for hydroxylation is 1. The van der Waals surface area contributed by atoms with E-state index in [1.807, 2.05) is 11.6 Å². The van der Waals surface area contributed by atoms with Crippen LogP contribution in [0.4, 0.5) is 0 Å². The van der Waals surface area contributed by atoms with Crippen molar-refractivity contribution in [1.82, 2.24) is 9.78 Å². The first-order valence-corrected chi connectivity index (χ1v) is 6.89. The van der Waals surface area contributed by atoms with Crippen LogP contribution in [0.5, 0.6) is 0 Å². The van der Waals surface area contributed by atoms with E-state index in [2.05, 4.69) is 18.9 Å². The summed E-state index contributed by atoms with van der Waals surface area (Å²) in [5.74, 6) is 0.385. The second-order valence-electron chi connectivity index (χ2n) is 5.25. The summed E-state index contributed by atoms with van der Waals surface area (Å²) in [5.41, 5.74) is 2.92. The number of rotatable bonds is 5. The lowest BCUT2D eigenvalue weighted by Gasteiger charge is -2.07. The maximum atomic E-state index is 11.9. The number of fused-ring (bicyclic) bond motifs is 1. The van der Waals surface area contributed by atoms with Crippen molar-refractivity contribution in [3.63, 3.8) is 0 Å². The van der Waals surface area contributed by atoms with Gasteiger partial charge < -0.3 is 4.74 Å². The number of ether oxygens (including phenoxy) is 1. The molecule has 0 saturated heterocycles. The summed E-state index contributed by atoms with van der Waals surface area (Å²) in [5, 5.41) is 4.46. The van der Waals surface area contributed by atoms with Gasteiger partial charge in [0.15, 0.2) is 5.69 Å². The van der Waals surface area contributed by atoms with Crippen molar-refractivity contribution in [3.8, 4) is 0 Å². The van der Waals surface area contributed by atoms with Crippen molar-refractivity contribution in [2.45, 2.75) is 53.0 Å². The molecule has 1 aliphatic rings. The molecule has 0 N–H and O–H groups in total. The van der Waals surface area contributed by atoms with Crippen LogP contribution in [0.1, 0.15) is 55.4 Å². The number of hydrogen-bond acceptors (Lipinski definition) is 3. The van der Waals surface area contributed by atoms with Crippen LogP contribution in [-0.2, 0) is 24.1 Å². The molecule has 0 fully saturated rings. The van der Waals surface area contributed by atoms with E-state index in [1.54, 1.807) is 0 Å². The van der Waals surface area contributed by atoms with Crippen LogP contribution < -0.4 is 0 Å². The molecule has 1 aliphatic carbocycles. The molecule has 0 atom stereocenters. The molecule has 0 saturated carbocycles. The van der Waals surface area contributed by atoms with Gasteiger partial charge in [-0.15, -0.1) is 0 Å². The molecule has 0 radical (unpaired) electrons. The third-order valence-electron chi connectivity index (χ3n) is 3.39. The van der Waals surface area contributed by atoms with Gasteiger partial charge in [-0.05, 0) is 38.5 Å². The third kappa shape index (κ3) is 2.57. The van der Waals surface area contributed by atoms with E-state index in [-0.39, 0.29) is 5.97 Å². The monoisotopic (exact) mass is 250 g/mol. The highest BCUT2D eigenvalue weighted by Gasteiger charge is 2.26. The lowest BCUT2D eigenvalue weighted by Crippen LogP contribution is -2.10. The zero-order valence-electron chi connectivity index (χ0n) is 11.5. The van der Waals surface area contributed by atoms with Crippen LogP contribution in [0.25, 0.3) is 0 Å². The van der Waals surface area contributed by atoms with Crippen LogP contribution in [-0.4, -0.2) is 22.4 Å². The topological polar surface area (TPSA) is 44.1 Å². The molecule has 0 unspecified atom stereocenters. The van der Waals surface area contributed by atoms with Crippen LogP contribution in [0.2, 0.25) is 0 Å². The fourth-order valence-electron chi connectivity index (χ4n) is 2.44. The first-order valence-electron chi connectivity index (χ1n) is 6.89. The molecule has 2 rings (SSSR count). The molecule has 100 valence electrons. The molecule has 4 heteroatoms. The lowest BCUT2D eigenvalue weighted by atomic mass is 10.1. The second kappa shape index (κ2) is 5.55. The highest BCUT2D eigenvalue weighted by molar-refractivity contribution is 5.89. The van der Waals surface area contributed by atoms with Gasteiger partial charge in [-0.3, -0.25) is 4.68 Å². The number of carbonyl (C=O) groups is 1. The number of esters is 1. The summed E-state index contributed by atoms with van der Waals surface area (Å²) in [4.78, 5) is 11.9. The lowest BCUT2D eigenvalue weighted by molar-refractivity contribution is 0.0517. The van der Waals surface area contributed by atoms with Crippen LogP contribution >= 0.6 is 0 Å². The molecular weight excluding hydrogens is 228 g/mol. The molecule has 0 aliphatic heterocycles. The normalized spacial score (nSPS) is 14.0. The molecule has 0 bridgehead atoms. The second-order valence-corrected chi connectivity index (χ2v) is 5.25. The van der Waals surface area contributed by atoms with Crippen LogP contribution in [0, 0.1) is 5.92 Å². The maximum absolute atomic E-state index is 11.9. The minimum Gasteiger partial charge on any atom is -0.461 e. The Morgan fingerprint density at radius 3 is 2.89 bits per heavy atom. The van der Waals surface area contributed by atoms with E-state index in [4.69, 9.17) is 4.74 Å². The van der Waals surface area contributed by atoms with Crippen molar-refractivity contribution in [2.24, 2.45) is 5.92 Å². The van der Waals surface area contributed by atoms with Gasteiger partial charge in [0, 0.05) is 17.8 Å². The van der Waals surface area contributed by atoms with E-state index in [1.165, 1.54) is 5.69 Å². The Labute approximate surface area is 108 Å². The fraction of sp³-hybridized carbons (Fsp3) is 0.714. The highest BCUT2D eigenvalue weighted by atomic mass is 16.5. The standard InChI is InChI=1S/C14H22N2O2/c1-4-18-14(17)13-11-6-5-7-12(11)16(15-13)9-8-10(2)3/h10H,4-9H2,1-3H3. The minimum absolute atomic E-state index is 0.265. The summed E-state index contributed by atoms with van der Waals surface area (Å²) >= 11 is 0. The SMILES string of the molecule is CCOC(=O)c1nn(CCC(C)C)c2c1CCC2. The third-order valence-corrected chi connectivity index (χ3v) is 3.39. The molecule has 4 nitrogen and oxygen atoms in total.